The van der Waals surface area contributed by atoms with Crippen LogP contribution in [0.4, 0.5) is 4.39 Å². The predicted octanol–water partition coefficient (Wildman–Crippen LogP) is 2.20. The van der Waals surface area contributed by atoms with Crippen LogP contribution in [0.15, 0.2) is 41.6 Å². The van der Waals surface area contributed by atoms with Crippen molar-refractivity contribution in [3.63, 3.8) is 0 Å². The smallest absolute Gasteiger partial charge is 0.178 e. The van der Waals surface area contributed by atoms with Gasteiger partial charge >= 0.3 is 0 Å². The SMILES string of the molecule is C1=COCN=C1.O=Cc1ccccc1F. The van der Waals surface area contributed by atoms with Crippen molar-refractivity contribution in [2.75, 3.05) is 6.73 Å². The van der Waals surface area contributed by atoms with E-state index < -0.39 is 5.82 Å². The molecule has 0 spiro atoms. The second-order valence-corrected chi connectivity index (χ2v) is 2.60. The van der Waals surface area contributed by atoms with Crippen LogP contribution in [0, 0.1) is 5.82 Å². The van der Waals surface area contributed by atoms with E-state index in [2.05, 4.69) is 4.99 Å². The Balaban J connectivity index is 0.000000162. The highest BCUT2D eigenvalue weighted by atomic mass is 19.1. The largest absolute Gasteiger partial charge is 0.479 e. The summed E-state index contributed by atoms with van der Waals surface area (Å²) in [4.78, 5) is 13.7. The van der Waals surface area contributed by atoms with Crippen LogP contribution < -0.4 is 0 Å². The van der Waals surface area contributed by atoms with E-state index in [9.17, 15) is 9.18 Å². The Labute approximate surface area is 86.9 Å². The molecule has 0 fully saturated rings. The molecule has 0 aromatic heterocycles. The number of carbonyl (C=O) groups is 1. The Kier molecular flexibility index (Phi) is 4.80. The average molecular weight is 207 g/mol. The summed E-state index contributed by atoms with van der Waals surface area (Å²) < 4.78 is 17.0. The van der Waals surface area contributed by atoms with Crippen LogP contribution in [0.3, 0.4) is 0 Å². The number of allylic oxidation sites excluding steroid dienone is 1. The molecule has 2 rings (SSSR count). The van der Waals surface area contributed by atoms with Crippen LogP contribution in [0.2, 0.25) is 0 Å². The van der Waals surface area contributed by atoms with Gasteiger partial charge in [0.2, 0.25) is 0 Å². The van der Waals surface area contributed by atoms with E-state index in [1.54, 1.807) is 30.7 Å². The van der Waals surface area contributed by atoms with Gasteiger partial charge in [-0.25, -0.2) is 4.39 Å². The molecular weight excluding hydrogens is 197 g/mol. The average Bonchev–Trinajstić information content (AvgIpc) is 2.33. The Morgan fingerprint density at radius 1 is 1.40 bits per heavy atom. The molecule has 1 aliphatic rings. The third kappa shape index (κ3) is 4.17. The normalized spacial score (nSPS) is 12.3. The van der Waals surface area contributed by atoms with E-state index in [-0.39, 0.29) is 5.56 Å². The molecular formula is C11H10FNO2. The molecule has 0 aliphatic carbocycles. The van der Waals surface area contributed by atoms with Gasteiger partial charge in [-0.2, -0.15) is 0 Å². The van der Waals surface area contributed by atoms with Gasteiger partial charge < -0.3 is 4.74 Å². The Hall–Kier alpha value is -1.97. The monoisotopic (exact) mass is 207 g/mol. The van der Waals surface area contributed by atoms with Crippen LogP contribution in [-0.2, 0) is 4.74 Å². The number of rotatable bonds is 1. The minimum Gasteiger partial charge on any atom is -0.479 e. The van der Waals surface area contributed by atoms with Crippen molar-refractivity contribution in [3.05, 3.63) is 48.0 Å². The summed E-state index contributed by atoms with van der Waals surface area (Å²) in [7, 11) is 0. The first-order valence-electron chi connectivity index (χ1n) is 4.31. The molecule has 0 unspecified atom stereocenters. The van der Waals surface area contributed by atoms with Gasteiger partial charge in [-0.1, -0.05) is 12.1 Å². The molecule has 1 heterocycles. The lowest BCUT2D eigenvalue weighted by molar-refractivity contribution is 0.112. The molecule has 0 atom stereocenters. The molecule has 3 nitrogen and oxygen atoms in total. The number of hydrogen-bond acceptors (Lipinski definition) is 3. The van der Waals surface area contributed by atoms with E-state index in [0.717, 1.165) is 0 Å². The van der Waals surface area contributed by atoms with E-state index in [1.807, 2.05) is 0 Å². The molecule has 0 saturated heterocycles. The first-order chi connectivity index (χ1) is 7.34. The highest BCUT2D eigenvalue weighted by molar-refractivity contribution is 5.74. The van der Waals surface area contributed by atoms with Gasteiger partial charge in [0, 0.05) is 6.21 Å². The predicted molar refractivity (Wildman–Crippen MR) is 55.4 cm³/mol. The van der Waals surface area contributed by atoms with E-state index in [1.165, 1.54) is 12.1 Å². The van der Waals surface area contributed by atoms with E-state index >= 15 is 0 Å². The summed E-state index contributed by atoms with van der Waals surface area (Å²) in [6, 6.07) is 5.85. The van der Waals surface area contributed by atoms with Crippen LogP contribution in [-0.4, -0.2) is 19.2 Å². The first-order valence-corrected chi connectivity index (χ1v) is 4.31. The molecule has 1 aromatic rings. The number of benzene rings is 1. The van der Waals surface area contributed by atoms with E-state index in [4.69, 9.17) is 4.74 Å². The van der Waals surface area contributed by atoms with Crippen molar-refractivity contribution in [3.8, 4) is 0 Å². The molecule has 0 bridgehead atoms. The highest BCUT2D eigenvalue weighted by Gasteiger charge is 1.94. The van der Waals surface area contributed by atoms with Crippen molar-refractivity contribution >= 4 is 12.5 Å². The van der Waals surface area contributed by atoms with Gasteiger partial charge in [0.15, 0.2) is 13.0 Å². The number of aliphatic imine (C=N–C) groups is 1. The fourth-order valence-corrected chi connectivity index (χ4v) is 0.851. The molecule has 15 heavy (non-hydrogen) atoms. The summed E-state index contributed by atoms with van der Waals surface area (Å²) >= 11 is 0. The molecule has 0 radical (unpaired) electrons. The van der Waals surface area contributed by atoms with Crippen LogP contribution in [0.25, 0.3) is 0 Å². The molecule has 1 aromatic carbocycles. The summed E-state index contributed by atoms with van der Waals surface area (Å²) in [5.41, 5.74) is 0.109. The quantitative estimate of drug-likeness (QED) is 0.662. The maximum Gasteiger partial charge on any atom is 0.178 e. The van der Waals surface area contributed by atoms with Gasteiger partial charge in [0.1, 0.15) is 5.82 Å². The van der Waals surface area contributed by atoms with E-state index in [0.29, 0.717) is 13.0 Å². The minimum atomic E-state index is -0.465. The van der Waals surface area contributed by atoms with Gasteiger partial charge in [-0.05, 0) is 18.2 Å². The van der Waals surface area contributed by atoms with Gasteiger partial charge in [-0.3, -0.25) is 9.79 Å². The Morgan fingerprint density at radius 2 is 2.20 bits per heavy atom. The molecule has 0 saturated carbocycles. The number of nitrogens with zero attached hydrogens (tertiary/aromatic N) is 1. The van der Waals surface area contributed by atoms with Crippen molar-refractivity contribution in [2.45, 2.75) is 0 Å². The second kappa shape index (κ2) is 6.48. The third-order valence-corrected chi connectivity index (χ3v) is 1.55. The number of hydrogen-bond donors (Lipinski definition) is 0. The van der Waals surface area contributed by atoms with Crippen molar-refractivity contribution < 1.29 is 13.9 Å². The number of carbonyl (C=O) groups excluding carboxylic acids is 1. The van der Waals surface area contributed by atoms with Crippen molar-refractivity contribution in [1.82, 2.24) is 0 Å². The number of ether oxygens (including phenoxy) is 1. The van der Waals surface area contributed by atoms with Gasteiger partial charge in [0.25, 0.3) is 0 Å². The second-order valence-electron chi connectivity index (χ2n) is 2.60. The van der Waals surface area contributed by atoms with Gasteiger partial charge in [-0.15, -0.1) is 0 Å². The van der Waals surface area contributed by atoms with Crippen LogP contribution >= 0.6 is 0 Å². The molecule has 4 heteroatoms. The first kappa shape index (κ1) is 11.1. The van der Waals surface area contributed by atoms with Crippen molar-refractivity contribution in [2.24, 2.45) is 4.99 Å². The zero-order chi connectivity index (χ0) is 10.9. The lowest BCUT2D eigenvalue weighted by Gasteiger charge is -1.94. The molecule has 0 N–H and O–H groups in total. The highest BCUT2D eigenvalue weighted by Crippen LogP contribution is 2.01. The summed E-state index contributed by atoms with van der Waals surface area (Å²) in [6.45, 7) is 0.483. The van der Waals surface area contributed by atoms with Crippen LogP contribution in [0.1, 0.15) is 10.4 Å². The Bertz CT molecular complexity index is 363. The maximum atomic E-state index is 12.4. The standard InChI is InChI=1S/C7H5FO.C4H5NO/c8-7-4-2-1-3-6(7)5-9;1-2-5-4-6-3-1/h1-5H;1-3H,4H2. The van der Waals surface area contributed by atoms with Crippen LogP contribution in [0.5, 0.6) is 0 Å². The molecule has 78 valence electrons. The summed E-state index contributed by atoms with van der Waals surface area (Å²) in [6.07, 6.45) is 5.58. The summed E-state index contributed by atoms with van der Waals surface area (Å²) in [5, 5.41) is 0. The zero-order valence-electron chi connectivity index (χ0n) is 7.97. The zero-order valence-corrected chi connectivity index (χ0v) is 7.97. The molecule has 1 aliphatic heterocycles. The number of halogens is 1. The lowest BCUT2D eigenvalue weighted by Crippen LogP contribution is -1.86. The fraction of sp³-hybridized carbons (Fsp3) is 0.0909. The lowest BCUT2D eigenvalue weighted by atomic mass is 10.2. The van der Waals surface area contributed by atoms with Gasteiger partial charge in [0.05, 0.1) is 11.8 Å². The Morgan fingerprint density at radius 3 is 2.53 bits per heavy atom. The minimum absolute atomic E-state index is 0.109. The maximum absolute atomic E-state index is 12.4. The van der Waals surface area contributed by atoms with Crippen molar-refractivity contribution in [1.29, 1.82) is 0 Å². The topological polar surface area (TPSA) is 38.7 Å². The summed E-state index contributed by atoms with van der Waals surface area (Å²) in [5.74, 6) is -0.465. The third-order valence-electron chi connectivity index (χ3n) is 1.55. The molecule has 0 amide bonds. The fourth-order valence-electron chi connectivity index (χ4n) is 0.851. The number of aldehydes is 1.